The van der Waals surface area contributed by atoms with Gasteiger partial charge in [0.2, 0.25) is 0 Å². The van der Waals surface area contributed by atoms with Crippen LogP contribution in [0.4, 0.5) is 5.69 Å². The number of carbonyl (C=O) groups is 1. The van der Waals surface area contributed by atoms with Crippen molar-refractivity contribution >= 4 is 22.9 Å². The predicted molar refractivity (Wildman–Crippen MR) is 88.0 cm³/mol. The van der Waals surface area contributed by atoms with Crippen molar-refractivity contribution in [3.05, 3.63) is 52.2 Å². The molecule has 1 aromatic heterocycles. The Bertz CT molecular complexity index is 600. The molecule has 1 aliphatic rings. The molecule has 1 heterocycles. The lowest BCUT2D eigenvalue weighted by Crippen LogP contribution is -2.32. The van der Waals surface area contributed by atoms with Crippen molar-refractivity contribution < 1.29 is 4.79 Å². The van der Waals surface area contributed by atoms with Crippen LogP contribution >= 0.6 is 11.3 Å². The average molecular weight is 300 g/mol. The fourth-order valence-electron chi connectivity index (χ4n) is 2.40. The molecule has 1 fully saturated rings. The largest absolute Gasteiger partial charge is 0.378 e. The molecule has 0 bridgehead atoms. The molecule has 0 N–H and O–H groups in total. The van der Waals surface area contributed by atoms with Crippen molar-refractivity contribution in [1.82, 2.24) is 4.90 Å². The summed E-state index contributed by atoms with van der Waals surface area (Å²) < 4.78 is 0. The zero-order chi connectivity index (χ0) is 14.8. The first-order valence-electron chi connectivity index (χ1n) is 7.24. The highest BCUT2D eigenvalue weighted by atomic mass is 32.1. The van der Waals surface area contributed by atoms with Crippen LogP contribution in [0.25, 0.3) is 0 Å². The van der Waals surface area contributed by atoms with Gasteiger partial charge in [0.15, 0.2) is 0 Å². The van der Waals surface area contributed by atoms with Crippen LogP contribution in [0.15, 0.2) is 41.1 Å². The van der Waals surface area contributed by atoms with Crippen molar-refractivity contribution in [2.75, 3.05) is 19.0 Å². The van der Waals surface area contributed by atoms with Crippen molar-refractivity contribution in [1.29, 1.82) is 0 Å². The van der Waals surface area contributed by atoms with Gasteiger partial charge in [-0.1, -0.05) is 0 Å². The molecule has 3 rings (SSSR count). The summed E-state index contributed by atoms with van der Waals surface area (Å²) >= 11 is 1.68. The molecule has 0 unspecified atom stereocenters. The van der Waals surface area contributed by atoms with E-state index in [1.807, 2.05) is 48.2 Å². The molecule has 3 nitrogen and oxygen atoms in total. The summed E-state index contributed by atoms with van der Waals surface area (Å²) in [6.07, 6.45) is 2.26. The van der Waals surface area contributed by atoms with Crippen molar-refractivity contribution in [3.63, 3.8) is 0 Å². The molecule has 110 valence electrons. The maximum atomic E-state index is 12.7. The van der Waals surface area contributed by atoms with Gasteiger partial charge in [0.05, 0.1) is 0 Å². The second-order valence-electron chi connectivity index (χ2n) is 5.74. The van der Waals surface area contributed by atoms with Gasteiger partial charge >= 0.3 is 0 Å². The van der Waals surface area contributed by atoms with Gasteiger partial charge < -0.3 is 9.80 Å². The van der Waals surface area contributed by atoms with Crippen LogP contribution in [0.1, 0.15) is 28.8 Å². The Kier molecular flexibility index (Phi) is 3.97. The van der Waals surface area contributed by atoms with Crippen LogP contribution in [0.5, 0.6) is 0 Å². The number of thiophene rings is 1. The van der Waals surface area contributed by atoms with E-state index in [1.54, 1.807) is 11.3 Å². The van der Waals surface area contributed by atoms with Crippen LogP contribution in [-0.2, 0) is 6.54 Å². The van der Waals surface area contributed by atoms with E-state index in [-0.39, 0.29) is 5.91 Å². The van der Waals surface area contributed by atoms with Crippen LogP contribution < -0.4 is 4.90 Å². The van der Waals surface area contributed by atoms with Gasteiger partial charge in [-0.15, -0.1) is 0 Å². The fourth-order valence-corrected chi connectivity index (χ4v) is 3.06. The number of nitrogens with zero attached hydrogens (tertiary/aromatic N) is 2. The van der Waals surface area contributed by atoms with Crippen LogP contribution in [-0.4, -0.2) is 30.9 Å². The van der Waals surface area contributed by atoms with Gasteiger partial charge in [-0.05, 0) is 59.5 Å². The van der Waals surface area contributed by atoms with Gasteiger partial charge in [-0.3, -0.25) is 4.79 Å². The highest BCUT2D eigenvalue weighted by Gasteiger charge is 2.33. The molecule has 0 saturated heterocycles. The standard InChI is InChI=1S/C17H20N2OS/c1-18(2)15-5-3-14(4-6-15)17(20)19(16-7-8-16)11-13-9-10-21-12-13/h3-6,9-10,12,16H,7-8,11H2,1-2H3. The van der Waals surface area contributed by atoms with Gasteiger partial charge in [0, 0.05) is 37.9 Å². The van der Waals surface area contributed by atoms with Crippen LogP contribution in [0, 0.1) is 0 Å². The van der Waals surface area contributed by atoms with E-state index in [1.165, 1.54) is 5.56 Å². The monoisotopic (exact) mass is 300 g/mol. The molecule has 0 aliphatic heterocycles. The number of carbonyl (C=O) groups excluding carboxylic acids is 1. The summed E-state index contributed by atoms with van der Waals surface area (Å²) in [6.45, 7) is 0.725. The third-order valence-corrected chi connectivity index (χ3v) is 4.54. The Hall–Kier alpha value is -1.81. The summed E-state index contributed by atoms with van der Waals surface area (Å²) in [4.78, 5) is 16.8. The van der Waals surface area contributed by atoms with E-state index in [2.05, 4.69) is 16.8 Å². The summed E-state index contributed by atoms with van der Waals surface area (Å²) in [5.41, 5.74) is 3.12. The van der Waals surface area contributed by atoms with Crippen LogP contribution in [0.3, 0.4) is 0 Å². The van der Waals surface area contributed by atoms with Gasteiger partial charge in [0.25, 0.3) is 5.91 Å². The number of anilines is 1. The van der Waals surface area contributed by atoms with Crippen molar-refractivity contribution in [2.24, 2.45) is 0 Å². The molecule has 1 aliphatic carbocycles. The Balaban J connectivity index is 1.77. The zero-order valence-electron chi connectivity index (χ0n) is 12.5. The molecular weight excluding hydrogens is 280 g/mol. The van der Waals surface area contributed by atoms with E-state index < -0.39 is 0 Å². The van der Waals surface area contributed by atoms with Crippen molar-refractivity contribution in [2.45, 2.75) is 25.4 Å². The number of hydrogen-bond donors (Lipinski definition) is 0. The molecule has 0 spiro atoms. The molecule has 1 amide bonds. The molecule has 1 aromatic carbocycles. The summed E-state index contributed by atoms with van der Waals surface area (Å²) in [5, 5.41) is 4.19. The maximum Gasteiger partial charge on any atom is 0.254 e. The average Bonchev–Trinajstić information content (AvgIpc) is 3.20. The smallest absolute Gasteiger partial charge is 0.254 e. The molecule has 2 aromatic rings. The third-order valence-electron chi connectivity index (χ3n) is 3.81. The minimum atomic E-state index is 0.147. The normalized spacial score (nSPS) is 14.0. The van der Waals surface area contributed by atoms with E-state index in [4.69, 9.17) is 0 Å². The van der Waals surface area contributed by atoms with E-state index >= 15 is 0 Å². The second-order valence-corrected chi connectivity index (χ2v) is 6.52. The van der Waals surface area contributed by atoms with Gasteiger partial charge in [0.1, 0.15) is 0 Å². The molecule has 0 radical (unpaired) electrons. The second kappa shape index (κ2) is 5.90. The number of benzene rings is 1. The minimum absolute atomic E-state index is 0.147. The fraction of sp³-hybridized carbons (Fsp3) is 0.353. The van der Waals surface area contributed by atoms with Crippen molar-refractivity contribution in [3.8, 4) is 0 Å². The minimum Gasteiger partial charge on any atom is -0.378 e. The Morgan fingerprint density at radius 2 is 1.90 bits per heavy atom. The Morgan fingerprint density at radius 1 is 1.19 bits per heavy atom. The van der Waals surface area contributed by atoms with E-state index in [9.17, 15) is 4.79 Å². The summed E-state index contributed by atoms with van der Waals surface area (Å²) in [7, 11) is 4.01. The predicted octanol–water partition coefficient (Wildman–Crippen LogP) is 3.62. The van der Waals surface area contributed by atoms with Gasteiger partial charge in [-0.25, -0.2) is 0 Å². The third kappa shape index (κ3) is 3.27. The van der Waals surface area contributed by atoms with Gasteiger partial charge in [-0.2, -0.15) is 11.3 Å². The highest BCUT2D eigenvalue weighted by Crippen LogP contribution is 2.30. The molecule has 0 atom stereocenters. The summed E-state index contributed by atoms with van der Waals surface area (Å²) in [5.74, 6) is 0.147. The molecular formula is C17H20N2OS. The number of amides is 1. The first-order valence-corrected chi connectivity index (χ1v) is 8.19. The lowest BCUT2D eigenvalue weighted by molar-refractivity contribution is 0.0730. The maximum absolute atomic E-state index is 12.7. The molecule has 21 heavy (non-hydrogen) atoms. The molecule has 1 saturated carbocycles. The number of rotatable bonds is 5. The number of hydrogen-bond acceptors (Lipinski definition) is 3. The van der Waals surface area contributed by atoms with E-state index in [0.717, 1.165) is 30.6 Å². The first-order chi connectivity index (χ1) is 10.1. The quantitative estimate of drug-likeness (QED) is 0.842. The Morgan fingerprint density at radius 3 is 2.43 bits per heavy atom. The topological polar surface area (TPSA) is 23.6 Å². The lowest BCUT2D eigenvalue weighted by Gasteiger charge is -2.22. The Labute approximate surface area is 129 Å². The highest BCUT2D eigenvalue weighted by molar-refractivity contribution is 7.07. The molecule has 4 heteroatoms. The summed E-state index contributed by atoms with van der Waals surface area (Å²) in [6, 6.07) is 10.4. The SMILES string of the molecule is CN(C)c1ccc(C(=O)N(Cc2ccsc2)C2CC2)cc1. The van der Waals surface area contributed by atoms with Crippen LogP contribution in [0.2, 0.25) is 0 Å². The lowest BCUT2D eigenvalue weighted by atomic mass is 10.1. The van der Waals surface area contributed by atoms with E-state index in [0.29, 0.717) is 6.04 Å². The zero-order valence-corrected chi connectivity index (χ0v) is 13.3. The first kappa shape index (κ1) is 14.1.